The maximum absolute atomic E-state index is 13.5. The van der Waals surface area contributed by atoms with Crippen LogP contribution in [-0.2, 0) is 0 Å². The molecule has 1 atom stereocenters. The van der Waals surface area contributed by atoms with E-state index in [9.17, 15) is 4.39 Å². The summed E-state index contributed by atoms with van der Waals surface area (Å²) in [6, 6.07) is 10.5. The zero-order valence-corrected chi connectivity index (χ0v) is 10.3. The highest BCUT2D eigenvalue weighted by Gasteiger charge is 2.25. The standard InChI is InChI=1S/C15H11FN2O/c1-9-12-7-10-3-2-6-17-15(10)18(12)13-8-11(16)4-5-14(13)19-9/h2-9H,1H3/t9-/m1/s1. The number of halogens is 1. The molecule has 0 aliphatic carbocycles. The summed E-state index contributed by atoms with van der Waals surface area (Å²) in [6.07, 6.45) is 1.67. The van der Waals surface area contributed by atoms with E-state index in [0.29, 0.717) is 11.4 Å². The van der Waals surface area contributed by atoms with Crippen LogP contribution in [0.3, 0.4) is 0 Å². The molecule has 0 unspecified atom stereocenters. The van der Waals surface area contributed by atoms with Crippen LogP contribution in [0.4, 0.5) is 4.39 Å². The maximum atomic E-state index is 13.5. The molecule has 0 spiro atoms. The molecule has 3 aromatic rings. The molecule has 3 nitrogen and oxygen atoms in total. The Bertz CT molecular complexity index is 794. The molecular weight excluding hydrogens is 243 g/mol. The van der Waals surface area contributed by atoms with Gasteiger partial charge in [0, 0.05) is 17.6 Å². The topological polar surface area (TPSA) is 27.1 Å². The molecule has 0 amide bonds. The number of hydrogen-bond acceptors (Lipinski definition) is 2. The number of hydrogen-bond donors (Lipinski definition) is 0. The van der Waals surface area contributed by atoms with Crippen molar-refractivity contribution < 1.29 is 9.13 Å². The highest BCUT2D eigenvalue weighted by atomic mass is 19.1. The molecule has 0 bridgehead atoms. The van der Waals surface area contributed by atoms with Crippen LogP contribution in [0.5, 0.6) is 5.75 Å². The van der Waals surface area contributed by atoms with E-state index in [1.807, 2.05) is 29.7 Å². The minimum Gasteiger partial charge on any atom is -0.482 e. The quantitative estimate of drug-likeness (QED) is 0.612. The Labute approximate surface area is 109 Å². The maximum Gasteiger partial charge on any atom is 0.144 e. The second-order valence-electron chi connectivity index (χ2n) is 4.69. The molecule has 0 saturated carbocycles. The van der Waals surface area contributed by atoms with Crippen molar-refractivity contribution in [2.45, 2.75) is 13.0 Å². The average Bonchev–Trinajstić information content (AvgIpc) is 2.80. The number of benzene rings is 1. The van der Waals surface area contributed by atoms with Crippen molar-refractivity contribution in [1.29, 1.82) is 0 Å². The number of rotatable bonds is 0. The molecule has 3 heterocycles. The summed E-state index contributed by atoms with van der Waals surface area (Å²) >= 11 is 0. The molecule has 2 aromatic heterocycles. The van der Waals surface area contributed by atoms with Crippen molar-refractivity contribution in [3.05, 3.63) is 54.1 Å². The second-order valence-corrected chi connectivity index (χ2v) is 4.69. The van der Waals surface area contributed by atoms with Crippen LogP contribution in [0.2, 0.25) is 0 Å². The van der Waals surface area contributed by atoms with E-state index in [2.05, 4.69) is 4.98 Å². The fraction of sp³-hybridized carbons (Fsp3) is 0.133. The number of fused-ring (bicyclic) bond motifs is 5. The zero-order valence-electron chi connectivity index (χ0n) is 10.3. The normalized spacial score (nSPS) is 16.8. The van der Waals surface area contributed by atoms with Crippen molar-refractivity contribution in [1.82, 2.24) is 9.55 Å². The Hall–Kier alpha value is -2.36. The van der Waals surface area contributed by atoms with Crippen molar-refractivity contribution in [2.24, 2.45) is 0 Å². The van der Waals surface area contributed by atoms with Crippen LogP contribution in [0.25, 0.3) is 16.7 Å². The fourth-order valence-corrected chi connectivity index (χ4v) is 2.62. The van der Waals surface area contributed by atoms with E-state index in [1.165, 1.54) is 12.1 Å². The Morgan fingerprint density at radius 2 is 2.16 bits per heavy atom. The summed E-state index contributed by atoms with van der Waals surface area (Å²) in [5.74, 6) is 0.408. The molecule has 94 valence electrons. The third-order valence-electron chi connectivity index (χ3n) is 3.47. The molecule has 1 aliphatic heterocycles. The average molecular weight is 254 g/mol. The second kappa shape index (κ2) is 3.57. The first kappa shape index (κ1) is 10.6. The molecule has 0 fully saturated rings. The van der Waals surface area contributed by atoms with Gasteiger partial charge in [0.25, 0.3) is 0 Å². The summed E-state index contributed by atoms with van der Waals surface area (Å²) in [5, 5.41) is 1.03. The highest BCUT2D eigenvalue weighted by molar-refractivity contribution is 5.81. The Balaban J connectivity index is 2.13. The van der Waals surface area contributed by atoms with Crippen molar-refractivity contribution in [3.63, 3.8) is 0 Å². The number of ether oxygens (including phenoxy) is 1. The van der Waals surface area contributed by atoms with Crippen LogP contribution in [0, 0.1) is 5.82 Å². The number of pyridine rings is 1. The predicted octanol–water partition coefficient (Wildman–Crippen LogP) is 3.62. The lowest BCUT2D eigenvalue weighted by atomic mass is 10.2. The lowest BCUT2D eigenvalue weighted by Gasteiger charge is -2.26. The van der Waals surface area contributed by atoms with Gasteiger partial charge in [-0.15, -0.1) is 0 Å². The highest BCUT2D eigenvalue weighted by Crippen LogP contribution is 2.38. The van der Waals surface area contributed by atoms with Crippen LogP contribution in [0.1, 0.15) is 18.7 Å². The lowest BCUT2D eigenvalue weighted by Crippen LogP contribution is -2.16. The van der Waals surface area contributed by atoms with Gasteiger partial charge in [0.05, 0.1) is 11.4 Å². The molecule has 1 aliphatic rings. The Morgan fingerprint density at radius 3 is 3.05 bits per heavy atom. The molecule has 4 heteroatoms. The van der Waals surface area contributed by atoms with Crippen LogP contribution >= 0.6 is 0 Å². The van der Waals surface area contributed by atoms with Crippen LogP contribution in [0.15, 0.2) is 42.6 Å². The Morgan fingerprint density at radius 1 is 1.26 bits per heavy atom. The molecular formula is C15H11FN2O. The van der Waals surface area contributed by atoms with E-state index in [-0.39, 0.29) is 11.9 Å². The monoisotopic (exact) mass is 254 g/mol. The lowest BCUT2D eigenvalue weighted by molar-refractivity contribution is 0.208. The first-order chi connectivity index (χ1) is 9.24. The minimum atomic E-state index is -0.277. The van der Waals surface area contributed by atoms with Gasteiger partial charge in [-0.3, -0.25) is 4.57 Å². The predicted molar refractivity (Wildman–Crippen MR) is 70.1 cm³/mol. The van der Waals surface area contributed by atoms with E-state index in [1.54, 1.807) is 12.3 Å². The van der Waals surface area contributed by atoms with Crippen LogP contribution < -0.4 is 4.74 Å². The van der Waals surface area contributed by atoms with E-state index in [4.69, 9.17) is 4.74 Å². The SMILES string of the molecule is C[C@H]1Oc2ccc(F)cc2-n2c1cc1cccnc12. The number of nitrogens with zero attached hydrogens (tertiary/aromatic N) is 2. The molecule has 19 heavy (non-hydrogen) atoms. The molecule has 0 saturated heterocycles. The first-order valence-corrected chi connectivity index (χ1v) is 6.17. The van der Waals surface area contributed by atoms with Gasteiger partial charge in [-0.1, -0.05) is 0 Å². The molecule has 0 N–H and O–H groups in total. The van der Waals surface area contributed by atoms with E-state index in [0.717, 1.165) is 16.7 Å². The van der Waals surface area contributed by atoms with Gasteiger partial charge in [0.15, 0.2) is 0 Å². The summed E-state index contributed by atoms with van der Waals surface area (Å²) in [6.45, 7) is 1.98. The third-order valence-corrected chi connectivity index (χ3v) is 3.47. The fourth-order valence-electron chi connectivity index (χ4n) is 2.62. The minimum absolute atomic E-state index is 0.0767. The zero-order chi connectivity index (χ0) is 13.0. The van der Waals surface area contributed by atoms with Gasteiger partial charge < -0.3 is 4.74 Å². The molecule has 0 radical (unpaired) electrons. The molecule has 4 rings (SSSR count). The first-order valence-electron chi connectivity index (χ1n) is 6.17. The largest absolute Gasteiger partial charge is 0.482 e. The van der Waals surface area contributed by atoms with Crippen molar-refractivity contribution in [2.75, 3.05) is 0 Å². The Kier molecular flexibility index (Phi) is 1.98. The smallest absolute Gasteiger partial charge is 0.144 e. The summed E-state index contributed by atoms with van der Waals surface area (Å²) < 4.78 is 21.3. The summed E-state index contributed by atoms with van der Waals surface area (Å²) in [5.41, 5.74) is 2.54. The van der Waals surface area contributed by atoms with Gasteiger partial charge >= 0.3 is 0 Å². The summed E-state index contributed by atoms with van der Waals surface area (Å²) in [7, 11) is 0. The van der Waals surface area contributed by atoms with Gasteiger partial charge in [0.1, 0.15) is 23.3 Å². The van der Waals surface area contributed by atoms with Crippen molar-refractivity contribution in [3.8, 4) is 11.4 Å². The van der Waals surface area contributed by atoms with Gasteiger partial charge in [-0.25, -0.2) is 9.37 Å². The van der Waals surface area contributed by atoms with Crippen molar-refractivity contribution >= 4 is 11.0 Å². The van der Waals surface area contributed by atoms with Gasteiger partial charge in [0.2, 0.25) is 0 Å². The van der Waals surface area contributed by atoms with Crippen LogP contribution in [-0.4, -0.2) is 9.55 Å². The number of aromatic nitrogens is 2. The summed E-state index contributed by atoms with van der Waals surface area (Å²) in [4.78, 5) is 4.40. The van der Waals surface area contributed by atoms with Gasteiger partial charge in [-0.2, -0.15) is 0 Å². The molecule has 1 aromatic carbocycles. The van der Waals surface area contributed by atoms with E-state index >= 15 is 0 Å². The van der Waals surface area contributed by atoms with Gasteiger partial charge in [-0.05, 0) is 37.3 Å². The third kappa shape index (κ3) is 1.40. The van der Waals surface area contributed by atoms with E-state index < -0.39 is 0 Å².